The highest BCUT2D eigenvalue weighted by molar-refractivity contribution is 7.14. The molecule has 2 aromatic heterocycles. The standard InChI is InChI=1S/C32H43N5O4S/c1-4-41-28(38)19-23-20-42-32(33-23)35-30(39)29-31(40)37(27-15-11-10-14-26(27)34-29)22(3)18-25-17-16-21(2)36(25)24-12-8-6-5-7-9-13-24/h10-11,14-15,20-22,24-25H,4-9,12-13,16-19H2,1-3H3,(H,33,35,39)/t21-,22-,25-/m0/s1. The van der Waals surface area contributed by atoms with Gasteiger partial charge in [-0.2, -0.15) is 0 Å². The summed E-state index contributed by atoms with van der Waals surface area (Å²) >= 11 is 1.20. The van der Waals surface area contributed by atoms with Crippen LogP contribution in [0.1, 0.15) is 107 Å². The van der Waals surface area contributed by atoms with Crippen molar-refractivity contribution in [3.05, 3.63) is 51.4 Å². The number of fused-ring (bicyclic) bond motifs is 1. The summed E-state index contributed by atoms with van der Waals surface area (Å²) in [4.78, 5) is 50.7. The molecule has 0 radical (unpaired) electrons. The lowest BCUT2D eigenvalue weighted by atomic mass is 9.94. The SMILES string of the molecule is CCOC(=O)Cc1csc(NC(=O)c2nc3ccccc3n([C@@H](C)C[C@@H]3CC[C@H](C)N3C3CCCCCCC3)c2=O)n1. The number of amides is 1. The lowest BCUT2D eigenvalue weighted by molar-refractivity contribution is -0.142. The third-order valence-corrected chi connectivity index (χ3v) is 9.62. The molecule has 3 aromatic rings. The van der Waals surface area contributed by atoms with Crippen LogP contribution in [0.3, 0.4) is 0 Å². The lowest BCUT2D eigenvalue weighted by Crippen LogP contribution is -2.44. The molecule has 10 heteroatoms. The monoisotopic (exact) mass is 593 g/mol. The first kappa shape index (κ1) is 30.4. The third kappa shape index (κ3) is 6.92. The number of esters is 1. The Hall–Kier alpha value is -3.11. The Morgan fingerprint density at radius 1 is 1.07 bits per heavy atom. The number of thiazole rings is 1. The highest BCUT2D eigenvalue weighted by atomic mass is 32.1. The first-order valence-electron chi connectivity index (χ1n) is 15.6. The van der Waals surface area contributed by atoms with E-state index in [0.717, 1.165) is 18.4 Å². The van der Waals surface area contributed by atoms with Crippen molar-refractivity contribution in [3.63, 3.8) is 0 Å². The number of aromatic nitrogens is 3. The van der Waals surface area contributed by atoms with Gasteiger partial charge in [-0.3, -0.25) is 24.6 Å². The van der Waals surface area contributed by atoms with Crippen LogP contribution in [0.15, 0.2) is 34.4 Å². The van der Waals surface area contributed by atoms with E-state index in [1.165, 1.54) is 62.7 Å². The van der Waals surface area contributed by atoms with Gasteiger partial charge in [0.2, 0.25) is 0 Å². The van der Waals surface area contributed by atoms with Crippen molar-refractivity contribution in [3.8, 4) is 0 Å². The van der Waals surface area contributed by atoms with E-state index < -0.39 is 11.5 Å². The number of para-hydroxylation sites is 2. The molecular formula is C32H43N5O4S. The smallest absolute Gasteiger partial charge is 0.311 e. The molecule has 1 saturated heterocycles. The van der Waals surface area contributed by atoms with E-state index in [0.29, 0.717) is 41.1 Å². The number of hydrogen-bond acceptors (Lipinski definition) is 8. The molecule has 1 aliphatic carbocycles. The van der Waals surface area contributed by atoms with Gasteiger partial charge in [-0.1, -0.05) is 44.2 Å². The van der Waals surface area contributed by atoms with E-state index >= 15 is 0 Å². The first-order chi connectivity index (χ1) is 20.4. The van der Waals surface area contributed by atoms with Crippen LogP contribution in [-0.4, -0.2) is 56.0 Å². The highest BCUT2D eigenvalue weighted by Gasteiger charge is 2.37. The summed E-state index contributed by atoms with van der Waals surface area (Å²) in [6, 6.07) is 8.98. The molecule has 1 saturated carbocycles. The zero-order chi connectivity index (χ0) is 29.6. The molecule has 0 spiro atoms. The quantitative estimate of drug-likeness (QED) is 0.298. The number of rotatable bonds is 9. The summed E-state index contributed by atoms with van der Waals surface area (Å²) < 4.78 is 6.75. The van der Waals surface area contributed by atoms with Crippen molar-refractivity contribution in [1.82, 2.24) is 19.4 Å². The molecule has 9 nitrogen and oxygen atoms in total. The molecule has 42 heavy (non-hydrogen) atoms. The topological polar surface area (TPSA) is 106 Å². The number of ether oxygens (including phenoxy) is 1. The molecule has 0 unspecified atom stereocenters. The number of carbonyl (C=O) groups is 2. The van der Waals surface area contributed by atoms with Gasteiger partial charge < -0.3 is 9.30 Å². The van der Waals surface area contributed by atoms with Gasteiger partial charge in [0.05, 0.1) is 29.8 Å². The predicted molar refractivity (Wildman–Crippen MR) is 166 cm³/mol. The fourth-order valence-electron chi connectivity index (χ4n) is 6.92. The van der Waals surface area contributed by atoms with Gasteiger partial charge in [0.25, 0.3) is 11.5 Å². The summed E-state index contributed by atoms with van der Waals surface area (Å²) in [5.41, 5.74) is 1.30. The summed E-state index contributed by atoms with van der Waals surface area (Å²) in [5, 5.41) is 4.74. The summed E-state index contributed by atoms with van der Waals surface area (Å²) in [6.45, 7) is 6.50. The Balaban J connectivity index is 1.38. The second kappa shape index (κ2) is 13.9. The predicted octanol–water partition coefficient (Wildman–Crippen LogP) is 6.13. The molecule has 1 N–H and O–H groups in total. The molecule has 1 amide bonds. The molecule has 3 atom stereocenters. The second-order valence-corrected chi connectivity index (χ2v) is 12.7. The van der Waals surface area contributed by atoms with Crippen LogP contribution in [0.4, 0.5) is 5.13 Å². The maximum atomic E-state index is 13.9. The minimum absolute atomic E-state index is 0.0242. The van der Waals surface area contributed by atoms with Crippen LogP contribution in [0.5, 0.6) is 0 Å². The van der Waals surface area contributed by atoms with Crippen molar-refractivity contribution < 1.29 is 14.3 Å². The Morgan fingerprint density at radius 3 is 2.57 bits per heavy atom. The van der Waals surface area contributed by atoms with Crippen LogP contribution in [0.25, 0.3) is 11.0 Å². The maximum Gasteiger partial charge on any atom is 0.311 e. The van der Waals surface area contributed by atoms with Crippen LogP contribution >= 0.6 is 11.3 Å². The number of carbonyl (C=O) groups excluding carboxylic acids is 2. The van der Waals surface area contributed by atoms with E-state index in [1.807, 2.05) is 24.3 Å². The zero-order valence-corrected chi connectivity index (χ0v) is 25.8. The first-order valence-corrected chi connectivity index (χ1v) is 16.4. The fraction of sp³-hybridized carbons (Fsp3) is 0.594. The van der Waals surface area contributed by atoms with Gasteiger partial charge in [-0.25, -0.2) is 9.97 Å². The summed E-state index contributed by atoms with van der Waals surface area (Å²) in [7, 11) is 0. The molecular weight excluding hydrogens is 550 g/mol. The van der Waals surface area contributed by atoms with Crippen LogP contribution in [0.2, 0.25) is 0 Å². The fourth-order valence-corrected chi connectivity index (χ4v) is 7.63. The third-order valence-electron chi connectivity index (χ3n) is 8.81. The molecule has 0 bridgehead atoms. The number of hydrogen-bond donors (Lipinski definition) is 1. The van der Waals surface area contributed by atoms with E-state index in [-0.39, 0.29) is 24.1 Å². The van der Waals surface area contributed by atoms with E-state index in [9.17, 15) is 14.4 Å². The van der Waals surface area contributed by atoms with Gasteiger partial charge in [-0.15, -0.1) is 11.3 Å². The Morgan fingerprint density at radius 2 is 1.81 bits per heavy atom. The van der Waals surface area contributed by atoms with Crippen molar-refractivity contribution in [1.29, 1.82) is 0 Å². The number of benzene rings is 1. The van der Waals surface area contributed by atoms with Gasteiger partial charge in [0, 0.05) is 29.5 Å². The Labute approximate surface area is 251 Å². The van der Waals surface area contributed by atoms with Gasteiger partial charge in [0.15, 0.2) is 10.8 Å². The minimum Gasteiger partial charge on any atom is -0.466 e. The van der Waals surface area contributed by atoms with Crippen LogP contribution < -0.4 is 10.9 Å². The van der Waals surface area contributed by atoms with E-state index in [2.05, 4.69) is 34.0 Å². The number of nitrogens with one attached hydrogen (secondary N) is 1. The lowest BCUT2D eigenvalue weighted by Gasteiger charge is -2.38. The second-order valence-electron chi connectivity index (χ2n) is 11.8. The molecule has 5 rings (SSSR count). The summed E-state index contributed by atoms with van der Waals surface area (Å²) in [5.74, 6) is -0.979. The largest absolute Gasteiger partial charge is 0.466 e. The molecule has 2 aliphatic rings. The van der Waals surface area contributed by atoms with E-state index in [4.69, 9.17) is 4.74 Å². The Bertz CT molecular complexity index is 1440. The molecule has 1 aromatic carbocycles. The summed E-state index contributed by atoms with van der Waals surface area (Å²) in [6.07, 6.45) is 12.3. The van der Waals surface area contributed by atoms with Crippen molar-refractivity contribution in [2.75, 3.05) is 11.9 Å². The van der Waals surface area contributed by atoms with Crippen LogP contribution in [-0.2, 0) is 16.0 Å². The Kier molecular flexibility index (Phi) is 10.1. The van der Waals surface area contributed by atoms with Crippen molar-refractivity contribution >= 4 is 39.4 Å². The number of likely N-dealkylation sites (tertiary alicyclic amines) is 1. The normalized spacial score (nSPS) is 21.1. The highest BCUT2D eigenvalue weighted by Crippen LogP contribution is 2.36. The average molecular weight is 594 g/mol. The zero-order valence-electron chi connectivity index (χ0n) is 25.0. The van der Waals surface area contributed by atoms with Gasteiger partial charge in [0.1, 0.15) is 0 Å². The number of nitrogens with zero attached hydrogens (tertiary/aromatic N) is 4. The van der Waals surface area contributed by atoms with Crippen molar-refractivity contribution in [2.45, 2.75) is 116 Å². The molecule has 2 fully saturated rings. The average Bonchev–Trinajstić information content (AvgIpc) is 3.53. The minimum atomic E-state index is -0.602. The molecule has 1 aliphatic heterocycles. The van der Waals surface area contributed by atoms with Crippen LogP contribution in [0, 0.1) is 0 Å². The number of anilines is 1. The van der Waals surface area contributed by atoms with Gasteiger partial charge in [-0.05, 0) is 65.0 Å². The van der Waals surface area contributed by atoms with Gasteiger partial charge >= 0.3 is 5.97 Å². The van der Waals surface area contributed by atoms with Crippen molar-refractivity contribution in [2.24, 2.45) is 0 Å². The maximum absolute atomic E-state index is 13.9. The molecule has 3 heterocycles. The molecule has 226 valence electrons. The van der Waals surface area contributed by atoms with E-state index in [1.54, 1.807) is 16.9 Å².